The smallest absolute Gasteiger partial charge is 0.244 e. The number of rotatable bonds is 3. The minimum atomic E-state index is -0.111. The van der Waals surface area contributed by atoms with Crippen LogP contribution in [0.5, 0.6) is 0 Å². The molecule has 22 heavy (non-hydrogen) atoms. The van der Waals surface area contributed by atoms with Crippen LogP contribution in [0.25, 0.3) is 0 Å². The highest BCUT2D eigenvalue weighted by molar-refractivity contribution is 7.99. The van der Waals surface area contributed by atoms with E-state index in [4.69, 9.17) is 0 Å². The average molecular weight is 319 g/mol. The summed E-state index contributed by atoms with van der Waals surface area (Å²) in [6.45, 7) is 5.62. The second-order valence-electron chi connectivity index (χ2n) is 5.89. The normalized spacial score (nSPS) is 22.1. The molecule has 1 amide bonds. The largest absolute Gasteiger partial charge is 0.340 e. The molecule has 2 heterocycles. The lowest BCUT2D eigenvalue weighted by molar-refractivity contribution is -0.137. The van der Waals surface area contributed by atoms with Gasteiger partial charge in [0, 0.05) is 44.2 Å². The summed E-state index contributed by atoms with van der Waals surface area (Å²) in [5.74, 6) is 2.53. The van der Waals surface area contributed by atoms with Gasteiger partial charge in [-0.25, -0.2) is 0 Å². The van der Waals surface area contributed by atoms with Crippen LogP contribution in [0.1, 0.15) is 18.0 Å². The van der Waals surface area contributed by atoms with Crippen LogP contribution >= 0.6 is 11.8 Å². The summed E-state index contributed by atoms with van der Waals surface area (Å²) < 4.78 is 0. The van der Waals surface area contributed by atoms with E-state index in [1.165, 1.54) is 0 Å². The molecular weight excluding hydrogens is 294 g/mol. The number of nitrogens with zero attached hydrogens (tertiary/aromatic N) is 2. The molecule has 1 N–H and O–H groups in total. The van der Waals surface area contributed by atoms with Gasteiger partial charge in [0.15, 0.2) is 0 Å². The lowest BCUT2D eigenvalue weighted by Gasteiger charge is -2.36. The Bertz CT molecular complexity index is 468. The second kappa shape index (κ2) is 7.99. The molecule has 0 aromatic heterocycles. The summed E-state index contributed by atoms with van der Waals surface area (Å²) in [7, 11) is 0. The van der Waals surface area contributed by atoms with Crippen LogP contribution in [-0.4, -0.2) is 66.5 Å². The minimum Gasteiger partial charge on any atom is -0.340 e. The Kier molecular flexibility index (Phi) is 5.76. The summed E-state index contributed by atoms with van der Waals surface area (Å²) in [6, 6.07) is 10.2. The van der Waals surface area contributed by atoms with Gasteiger partial charge in [0.25, 0.3) is 0 Å². The van der Waals surface area contributed by atoms with E-state index >= 15 is 0 Å². The average Bonchev–Trinajstić information content (AvgIpc) is 2.86. The molecule has 1 unspecified atom stereocenters. The minimum absolute atomic E-state index is 0.111. The summed E-state index contributed by atoms with van der Waals surface area (Å²) in [5.41, 5.74) is 1.14. The van der Waals surface area contributed by atoms with Gasteiger partial charge in [0.1, 0.15) is 6.04 Å². The zero-order valence-corrected chi connectivity index (χ0v) is 13.9. The maximum Gasteiger partial charge on any atom is 0.244 e. The zero-order chi connectivity index (χ0) is 15.2. The first kappa shape index (κ1) is 15.8. The van der Waals surface area contributed by atoms with Gasteiger partial charge in [-0.3, -0.25) is 9.69 Å². The molecule has 3 rings (SSSR count). The standard InChI is InChI=1S/C17H25N3OS/c21-17(20-9-4-7-18-8-10-20)16(15-5-2-1-3-6-15)19-11-13-22-14-12-19/h1-3,5-6,16,18H,4,7-14H2. The van der Waals surface area contributed by atoms with Crippen molar-refractivity contribution in [3.63, 3.8) is 0 Å². The molecule has 5 heteroatoms. The van der Waals surface area contributed by atoms with E-state index in [-0.39, 0.29) is 11.9 Å². The van der Waals surface area contributed by atoms with Crippen LogP contribution in [0.15, 0.2) is 30.3 Å². The highest BCUT2D eigenvalue weighted by atomic mass is 32.2. The van der Waals surface area contributed by atoms with Gasteiger partial charge in [0.05, 0.1) is 0 Å². The Hall–Kier alpha value is -1.04. The van der Waals surface area contributed by atoms with Crippen LogP contribution in [0.4, 0.5) is 0 Å². The quantitative estimate of drug-likeness (QED) is 0.918. The van der Waals surface area contributed by atoms with E-state index in [0.717, 1.165) is 62.8 Å². The molecule has 120 valence electrons. The number of nitrogens with one attached hydrogen (secondary N) is 1. The molecule has 0 saturated carbocycles. The first-order valence-corrected chi connectivity index (χ1v) is 9.38. The fraction of sp³-hybridized carbons (Fsp3) is 0.588. The highest BCUT2D eigenvalue weighted by Crippen LogP contribution is 2.26. The predicted molar refractivity (Wildman–Crippen MR) is 92.1 cm³/mol. The number of thioether (sulfide) groups is 1. The van der Waals surface area contributed by atoms with Crippen LogP contribution in [0.3, 0.4) is 0 Å². The van der Waals surface area contributed by atoms with E-state index in [2.05, 4.69) is 27.2 Å². The monoisotopic (exact) mass is 319 g/mol. The van der Waals surface area contributed by atoms with Crippen molar-refractivity contribution in [3.05, 3.63) is 35.9 Å². The lowest BCUT2D eigenvalue weighted by atomic mass is 10.0. The number of hydrogen-bond donors (Lipinski definition) is 1. The van der Waals surface area contributed by atoms with E-state index in [1.54, 1.807) is 0 Å². The second-order valence-corrected chi connectivity index (χ2v) is 7.12. The molecule has 1 aromatic carbocycles. The Morgan fingerprint density at radius 3 is 2.59 bits per heavy atom. The molecule has 4 nitrogen and oxygen atoms in total. The van der Waals surface area contributed by atoms with Gasteiger partial charge in [-0.05, 0) is 18.5 Å². The molecule has 2 aliphatic rings. The Morgan fingerprint density at radius 1 is 1.05 bits per heavy atom. The zero-order valence-electron chi connectivity index (χ0n) is 13.0. The van der Waals surface area contributed by atoms with Crippen LogP contribution in [0, 0.1) is 0 Å². The van der Waals surface area contributed by atoms with Gasteiger partial charge < -0.3 is 10.2 Å². The van der Waals surface area contributed by atoms with Gasteiger partial charge in [-0.2, -0.15) is 11.8 Å². The number of benzene rings is 1. The molecule has 1 atom stereocenters. The Labute approximate surface area is 137 Å². The van der Waals surface area contributed by atoms with Crippen molar-refractivity contribution < 1.29 is 4.79 Å². The van der Waals surface area contributed by atoms with E-state index in [1.807, 2.05) is 30.0 Å². The molecule has 1 aromatic rings. The van der Waals surface area contributed by atoms with Gasteiger partial charge >= 0.3 is 0 Å². The van der Waals surface area contributed by atoms with Crippen molar-refractivity contribution in [2.24, 2.45) is 0 Å². The molecule has 0 aliphatic carbocycles. The van der Waals surface area contributed by atoms with Crippen molar-refractivity contribution in [2.45, 2.75) is 12.5 Å². The molecule has 2 saturated heterocycles. The SMILES string of the molecule is O=C(C(c1ccccc1)N1CCSCC1)N1CCCNCC1. The van der Waals surface area contributed by atoms with Gasteiger partial charge in [-0.15, -0.1) is 0 Å². The van der Waals surface area contributed by atoms with Crippen molar-refractivity contribution in [1.82, 2.24) is 15.1 Å². The van der Waals surface area contributed by atoms with Crippen molar-refractivity contribution in [2.75, 3.05) is 50.8 Å². The molecule has 0 spiro atoms. The maximum absolute atomic E-state index is 13.2. The van der Waals surface area contributed by atoms with E-state index in [9.17, 15) is 4.79 Å². The molecule has 0 bridgehead atoms. The third-order valence-electron chi connectivity index (χ3n) is 4.41. The highest BCUT2D eigenvalue weighted by Gasteiger charge is 2.32. The van der Waals surface area contributed by atoms with Gasteiger partial charge in [0.2, 0.25) is 5.91 Å². The van der Waals surface area contributed by atoms with Crippen molar-refractivity contribution in [3.8, 4) is 0 Å². The third-order valence-corrected chi connectivity index (χ3v) is 5.35. The Morgan fingerprint density at radius 2 is 1.82 bits per heavy atom. The summed E-state index contributed by atoms with van der Waals surface area (Å²) in [5, 5.41) is 3.38. The summed E-state index contributed by atoms with van der Waals surface area (Å²) in [6.07, 6.45) is 1.04. The van der Waals surface area contributed by atoms with Crippen LogP contribution in [0.2, 0.25) is 0 Å². The number of carbonyl (C=O) groups excluding carboxylic acids is 1. The maximum atomic E-state index is 13.2. The first-order chi connectivity index (χ1) is 10.9. The molecule has 0 radical (unpaired) electrons. The molecular formula is C17H25N3OS. The fourth-order valence-corrected chi connectivity index (χ4v) is 4.15. The number of hydrogen-bond acceptors (Lipinski definition) is 4. The lowest BCUT2D eigenvalue weighted by Crippen LogP contribution is -2.46. The van der Waals surface area contributed by atoms with Crippen molar-refractivity contribution >= 4 is 17.7 Å². The molecule has 2 aliphatic heterocycles. The van der Waals surface area contributed by atoms with E-state index in [0.29, 0.717) is 0 Å². The molecule has 2 fully saturated rings. The predicted octanol–water partition coefficient (Wildman–Crippen LogP) is 1.60. The van der Waals surface area contributed by atoms with Crippen LogP contribution < -0.4 is 5.32 Å². The number of carbonyl (C=O) groups is 1. The van der Waals surface area contributed by atoms with Gasteiger partial charge in [-0.1, -0.05) is 30.3 Å². The summed E-state index contributed by atoms with van der Waals surface area (Å²) in [4.78, 5) is 17.6. The Balaban J connectivity index is 1.81. The topological polar surface area (TPSA) is 35.6 Å². The van der Waals surface area contributed by atoms with Crippen molar-refractivity contribution in [1.29, 1.82) is 0 Å². The van der Waals surface area contributed by atoms with E-state index < -0.39 is 0 Å². The summed E-state index contributed by atoms with van der Waals surface area (Å²) >= 11 is 1.99. The van der Waals surface area contributed by atoms with Crippen LogP contribution in [-0.2, 0) is 4.79 Å². The number of amides is 1. The fourth-order valence-electron chi connectivity index (χ4n) is 3.22. The third kappa shape index (κ3) is 3.83. The first-order valence-electron chi connectivity index (χ1n) is 8.22.